The lowest BCUT2D eigenvalue weighted by atomic mass is 10.1. The van der Waals surface area contributed by atoms with Gasteiger partial charge < -0.3 is 19.7 Å². The van der Waals surface area contributed by atoms with Crippen LogP contribution in [0.5, 0.6) is 11.5 Å². The van der Waals surface area contributed by atoms with Crippen LogP contribution in [0.2, 0.25) is 0 Å². The highest BCUT2D eigenvalue weighted by Crippen LogP contribution is 2.30. The average Bonchev–Trinajstić information content (AvgIpc) is 3.22. The summed E-state index contributed by atoms with van der Waals surface area (Å²) in [6.45, 7) is 1.35. The van der Waals surface area contributed by atoms with Crippen molar-refractivity contribution in [1.82, 2.24) is 10.3 Å². The lowest BCUT2D eigenvalue weighted by Gasteiger charge is -2.17. The summed E-state index contributed by atoms with van der Waals surface area (Å²) in [6, 6.07) is 7.96. The van der Waals surface area contributed by atoms with Crippen molar-refractivity contribution in [3.8, 4) is 11.5 Å². The van der Waals surface area contributed by atoms with E-state index in [-0.39, 0.29) is 24.0 Å². The molecule has 1 fully saturated rings. The van der Waals surface area contributed by atoms with Gasteiger partial charge in [-0.25, -0.2) is 4.98 Å². The third kappa shape index (κ3) is 5.09. The second-order valence-corrected chi connectivity index (χ2v) is 6.37. The summed E-state index contributed by atoms with van der Waals surface area (Å²) in [5, 5.41) is 2.83. The predicted molar refractivity (Wildman–Crippen MR) is 101 cm³/mol. The third-order valence-electron chi connectivity index (χ3n) is 4.41. The van der Waals surface area contributed by atoms with Crippen LogP contribution in [0, 0.1) is 0 Å². The number of rotatable bonds is 8. The van der Waals surface area contributed by atoms with Crippen LogP contribution < -0.4 is 19.7 Å². The molecule has 1 aliphatic rings. The van der Waals surface area contributed by atoms with Gasteiger partial charge in [-0.1, -0.05) is 0 Å². The number of nitrogens with one attached hydrogen (secondary N) is 1. The Hall–Kier alpha value is -2.90. The largest absolute Gasteiger partial charge is 0.490 e. The van der Waals surface area contributed by atoms with Crippen molar-refractivity contribution in [3.05, 3.63) is 47.7 Å². The molecule has 1 amide bonds. The minimum atomic E-state index is -2.96. The highest BCUT2D eigenvalue weighted by atomic mass is 19.3. The molecule has 6 nitrogen and oxygen atoms in total. The first kappa shape index (κ1) is 19.9. The van der Waals surface area contributed by atoms with Gasteiger partial charge in [0.25, 0.3) is 5.91 Å². The quantitative estimate of drug-likeness (QED) is 0.745. The van der Waals surface area contributed by atoms with E-state index in [1.807, 2.05) is 12.1 Å². The van der Waals surface area contributed by atoms with Gasteiger partial charge in [-0.3, -0.25) is 4.79 Å². The zero-order valence-corrected chi connectivity index (χ0v) is 15.7. The van der Waals surface area contributed by atoms with E-state index in [0.717, 1.165) is 37.3 Å². The van der Waals surface area contributed by atoms with Crippen molar-refractivity contribution in [2.75, 3.05) is 24.6 Å². The molecule has 150 valence electrons. The number of halogens is 2. The minimum absolute atomic E-state index is 0.0993. The molecule has 1 aliphatic heterocycles. The van der Waals surface area contributed by atoms with Crippen molar-refractivity contribution >= 4 is 11.7 Å². The van der Waals surface area contributed by atoms with E-state index in [0.29, 0.717) is 12.1 Å². The standard InChI is InChI=1S/C20H23F2N3O3/c1-2-27-17-12-15(5-6-16(17)28-20(21)22)19(26)24-13-14-7-8-23-18(11-14)25-9-3-4-10-25/h5-8,11-12,20H,2-4,9-10,13H2,1H3,(H,24,26). The summed E-state index contributed by atoms with van der Waals surface area (Å²) in [6.07, 6.45) is 4.06. The number of anilines is 1. The monoisotopic (exact) mass is 391 g/mol. The van der Waals surface area contributed by atoms with Crippen molar-refractivity contribution in [3.63, 3.8) is 0 Å². The summed E-state index contributed by atoms with van der Waals surface area (Å²) < 4.78 is 34.7. The zero-order chi connectivity index (χ0) is 19.9. The molecule has 2 heterocycles. The van der Waals surface area contributed by atoms with Gasteiger partial charge >= 0.3 is 6.61 Å². The molecule has 0 radical (unpaired) electrons. The van der Waals surface area contributed by atoms with Crippen LogP contribution in [0.15, 0.2) is 36.5 Å². The van der Waals surface area contributed by atoms with E-state index in [4.69, 9.17) is 4.74 Å². The molecular weight excluding hydrogens is 368 g/mol. The Kier molecular flexibility index (Phi) is 6.62. The third-order valence-corrected chi connectivity index (χ3v) is 4.41. The molecular formula is C20H23F2N3O3. The first-order valence-corrected chi connectivity index (χ1v) is 9.26. The topological polar surface area (TPSA) is 63.7 Å². The lowest BCUT2D eigenvalue weighted by molar-refractivity contribution is -0.0514. The Morgan fingerprint density at radius 3 is 2.71 bits per heavy atom. The Morgan fingerprint density at radius 1 is 1.21 bits per heavy atom. The number of hydrogen-bond acceptors (Lipinski definition) is 5. The molecule has 0 saturated carbocycles. The average molecular weight is 391 g/mol. The van der Waals surface area contributed by atoms with Gasteiger partial charge in [0.2, 0.25) is 0 Å². The van der Waals surface area contributed by atoms with Gasteiger partial charge in [-0.15, -0.1) is 0 Å². The van der Waals surface area contributed by atoms with Crippen molar-refractivity contribution in [1.29, 1.82) is 0 Å². The van der Waals surface area contributed by atoms with E-state index >= 15 is 0 Å². The maximum atomic E-state index is 12.5. The SMILES string of the molecule is CCOc1cc(C(=O)NCc2ccnc(N3CCCC3)c2)ccc1OC(F)F. The number of nitrogens with zero attached hydrogens (tertiary/aromatic N) is 2. The summed E-state index contributed by atoms with van der Waals surface area (Å²) in [7, 11) is 0. The highest BCUT2D eigenvalue weighted by molar-refractivity contribution is 5.94. The molecule has 3 rings (SSSR count). The lowest BCUT2D eigenvalue weighted by Crippen LogP contribution is -2.23. The van der Waals surface area contributed by atoms with Gasteiger partial charge in [-0.2, -0.15) is 8.78 Å². The van der Waals surface area contributed by atoms with E-state index in [9.17, 15) is 13.6 Å². The van der Waals surface area contributed by atoms with Crippen LogP contribution >= 0.6 is 0 Å². The van der Waals surface area contributed by atoms with E-state index in [2.05, 4.69) is 19.9 Å². The number of alkyl halides is 2. The number of aromatic nitrogens is 1. The van der Waals surface area contributed by atoms with Gasteiger partial charge in [0.15, 0.2) is 11.5 Å². The number of hydrogen-bond donors (Lipinski definition) is 1. The fraction of sp³-hybridized carbons (Fsp3) is 0.400. The summed E-state index contributed by atoms with van der Waals surface area (Å²) in [4.78, 5) is 19.1. The van der Waals surface area contributed by atoms with Crippen molar-refractivity contribution in [2.24, 2.45) is 0 Å². The molecule has 8 heteroatoms. The van der Waals surface area contributed by atoms with Crippen LogP contribution in [0.4, 0.5) is 14.6 Å². The van der Waals surface area contributed by atoms with Crippen LogP contribution in [0.3, 0.4) is 0 Å². The van der Waals surface area contributed by atoms with Gasteiger partial charge in [-0.05, 0) is 55.7 Å². The number of carbonyl (C=O) groups is 1. The second-order valence-electron chi connectivity index (χ2n) is 6.37. The number of ether oxygens (including phenoxy) is 2. The zero-order valence-electron chi connectivity index (χ0n) is 15.7. The fourth-order valence-corrected chi connectivity index (χ4v) is 3.09. The molecule has 1 aromatic heterocycles. The second kappa shape index (κ2) is 9.34. The van der Waals surface area contributed by atoms with E-state index < -0.39 is 6.61 Å². The van der Waals surface area contributed by atoms with Gasteiger partial charge in [0.05, 0.1) is 6.61 Å². The Bertz CT molecular complexity index is 811. The maximum absolute atomic E-state index is 12.5. The molecule has 1 saturated heterocycles. The van der Waals surface area contributed by atoms with Crippen LogP contribution in [-0.4, -0.2) is 37.2 Å². The van der Waals surface area contributed by atoms with E-state index in [1.54, 1.807) is 13.1 Å². The smallest absolute Gasteiger partial charge is 0.387 e. The Morgan fingerprint density at radius 2 is 2.00 bits per heavy atom. The predicted octanol–water partition coefficient (Wildman–Crippen LogP) is 3.61. The molecule has 0 unspecified atom stereocenters. The fourth-order valence-electron chi connectivity index (χ4n) is 3.09. The molecule has 2 aromatic rings. The maximum Gasteiger partial charge on any atom is 0.387 e. The number of amides is 1. The summed E-state index contributed by atoms with van der Waals surface area (Å²) >= 11 is 0. The normalized spacial score (nSPS) is 13.6. The van der Waals surface area contributed by atoms with Crippen LogP contribution in [0.25, 0.3) is 0 Å². The van der Waals surface area contributed by atoms with Crippen molar-refractivity contribution < 1.29 is 23.0 Å². The number of carbonyl (C=O) groups excluding carboxylic acids is 1. The molecule has 0 aliphatic carbocycles. The highest BCUT2D eigenvalue weighted by Gasteiger charge is 2.16. The molecule has 1 aromatic carbocycles. The molecule has 28 heavy (non-hydrogen) atoms. The van der Waals surface area contributed by atoms with Crippen molar-refractivity contribution in [2.45, 2.75) is 32.9 Å². The first-order chi connectivity index (χ1) is 13.6. The molecule has 0 atom stereocenters. The summed E-state index contributed by atoms with van der Waals surface area (Å²) in [5.74, 6) is 0.592. The molecule has 0 bridgehead atoms. The Balaban J connectivity index is 1.66. The van der Waals surface area contributed by atoms with Crippen LogP contribution in [-0.2, 0) is 6.54 Å². The molecule has 1 N–H and O–H groups in total. The number of pyridine rings is 1. The Labute approximate surface area is 162 Å². The molecule has 0 spiro atoms. The minimum Gasteiger partial charge on any atom is -0.490 e. The van der Waals surface area contributed by atoms with Gasteiger partial charge in [0, 0.05) is 31.4 Å². The van der Waals surface area contributed by atoms with E-state index in [1.165, 1.54) is 18.2 Å². The number of benzene rings is 1. The first-order valence-electron chi connectivity index (χ1n) is 9.26. The van der Waals surface area contributed by atoms with Crippen LogP contribution in [0.1, 0.15) is 35.7 Å². The van der Waals surface area contributed by atoms with Gasteiger partial charge in [0.1, 0.15) is 5.82 Å². The summed E-state index contributed by atoms with van der Waals surface area (Å²) in [5.41, 5.74) is 1.24.